The smallest absolute Gasteiger partial charge is 0.225 e. The normalized spacial score (nSPS) is 41.5. The van der Waals surface area contributed by atoms with Gasteiger partial charge in [0, 0.05) is 30.5 Å². The standard InChI is InChI=1S/C20H30N2O2/c23-18(16-3-5-22(6-4-16)19(24)17-1-2-17)21-20-10-13-7-14(11-20)9-15(8-13)12-20/h13-17H,1-12H2,(H,21,23). The molecule has 1 aliphatic heterocycles. The van der Waals surface area contributed by atoms with E-state index in [1.807, 2.05) is 4.90 Å². The second-order valence-corrected chi connectivity index (χ2v) is 9.56. The van der Waals surface area contributed by atoms with E-state index in [1.165, 1.54) is 38.5 Å². The lowest BCUT2D eigenvalue weighted by molar-refractivity contribution is -0.138. The zero-order valence-corrected chi connectivity index (χ0v) is 14.6. The third-order valence-corrected chi connectivity index (χ3v) is 7.53. The minimum atomic E-state index is 0.126. The number of nitrogens with zero attached hydrogens (tertiary/aromatic N) is 1. The van der Waals surface area contributed by atoms with Crippen molar-refractivity contribution in [3.8, 4) is 0 Å². The molecule has 5 saturated carbocycles. The molecule has 1 N–H and O–H groups in total. The predicted molar refractivity (Wildman–Crippen MR) is 91.1 cm³/mol. The Balaban J connectivity index is 1.18. The Morgan fingerprint density at radius 2 is 1.33 bits per heavy atom. The topological polar surface area (TPSA) is 49.4 Å². The van der Waals surface area contributed by atoms with Gasteiger partial charge in [-0.1, -0.05) is 0 Å². The Hall–Kier alpha value is -1.06. The molecule has 4 nitrogen and oxygen atoms in total. The fourth-order valence-electron chi connectivity index (χ4n) is 6.58. The van der Waals surface area contributed by atoms with Gasteiger partial charge in [0.25, 0.3) is 0 Å². The average molecular weight is 330 g/mol. The van der Waals surface area contributed by atoms with E-state index in [9.17, 15) is 9.59 Å². The van der Waals surface area contributed by atoms with Crippen LogP contribution >= 0.6 is 0 Å². The van der Waals surface area contributed by atoms with E-state index in [-0.39, 0.29) is 17.4 Å². The van der Waals surface area contributed by atoms with Gasteiger partial charge in [-0.3, -0.25) is 9.59 Å². The molecule has 132 valence electrons. The Bertz CT molecular complexity index is 511. The number of nitrogens with one attached hydrogen (secondary N) is 1. The summed E-state index contributed by atoms with van der Waals surface area (Å²) >= 11 is 0. The van der Waals surface area contributed by atoms with Crippen molar-refractivity contribution in [2.75, 3.05) is 13.1 Å². The van der Waals surface area contributed by atoms with Crippen LogP contribution in [0.2, 0.25) is 0 Å². The molecule has 0 unspecified atom stereocenters. The summed E-state index contributed by atoms with van der Waals surface area (Å²) in [5.41, 5.74) is 0.132. The molecule has 6 fully saturated rings. The highest BCUT2D eigenvalue weighted by Crippen LogP contribution is 2.55. The molecule has 2 amide bonds. The van der Waals surface area contributed by atoms with Crippen LogP contribution in [-0.4, -0.2) is 35.3 Å². The molecule has 6 rings (SSSR count). The summed E-state index contributed by atoms with van der Waals surface area (Å²) < 4.78 is 0. The molecular weight excluding hydrogens is 300 g/mol. The van der Waals surface area contributed by atoms with Crippen molar-refractivity contribution in [3.05, 3.63) is 0 Å². The first-order valence-electron chi connectivity index (χ1n) is 10.2. The maximum atomic E-state index is 12.9. The summed E-state index contributed by atoms with van der Waals surface area (Å²) in [5, 5.41) is 3.53. The van der Waals surface area contributed by atoms with Gasteiger partial charge >= 0.3 is 0 Å². The number of hydrogen-bond donors (Lipinski definition) is 1. The van der Waals surface area contributed by atoms with Crippen LogP contribution in [0, 0.1) is 29.6 Å². The van der Waals surface area contributed by atoms with Crippen molar-refractivity contribution in [1.29, 1.82) is 0 Å². The quantitative estimate of drug-likeness (QED) is 0.865. The third-order valence-electron chi connectivity index (χ3n) is 7.53. The minimum Gasteiger partial charge on any atom is -0.350 e. The van der Waals surface area contributed by atoms with Gasteiger partial charge in [-0.15, -0.1) is 0 Å². The summed E-state index contributed by atoms with van der Waals surface area (Å²) in [7, 11) is 0. The van der Waals surface area contributed by atoms with Crippen LogP contribution in [0.15, 0.2) is 0 Å². The molecule has 0 aromatic carbocycles. The largest absolute Gasteiger partial charge is 0.350 e. The second kappa shape index (κ2) is 5.47. The van der Waals surface area contributed by atoms with E-state index >= 15 is 0 Å². The Labute approximate surface area is 144 Å². The number of carbonyl (C=O) groups is 2. The number of hydrogen-bond acceptors (Lipinski definition) is 2. The lowest BCUT2D eigenvalue weighted by atomic mass is 9.53. The first kappa shape index (κ1) is 15.2. The van der Waals surface area contributed by atoms with E-state index in [2.05, 4.69) is 5.32 Å². The highest BCUT2D eigenvalue weighted by atomic mass is 16.2. The van der Waals surface area contributed by atoms with Crippen molar-refractivity contribution < 1.29 is 9.59 Å². The van der Waals surface area contributed by atoms with Crippen molar-refractivity contribution in [2.24, 2.45) is 29.6 Å². The van der Waals surface area contributed by atoms with E-state index in [0.29, 0.717) is 11.8 Å². The van der Waals surface area contributed by atoms with Gasteiger partial charge in [0.15, 0.2) is 0 Å². The predicted octanol–water partition coefficient (Wildman–Crippen LogP) is 2.72. The fraction of sp³-hybridized carbons (Fsp3) is 0.900. The molecule has 4 heteroatoms. The van der Waals surface area contributed by atoms with E-state index in [1.54, 1.807) is 0 Å². The monoisotopic (exact) mass is 330 g/mol. The summed E-state index contributed by atoms with van der Waals surface area (Å²) in [6.45, 7) is 1.57. The lowest BCUT2D eigenvalue weighted by Gasteiger charge is -2.57. The van der Waals surface area contributed by atoms with Crippen molar-refractivity contribution in [3.63, 3.8) is 0 Å². The first-order chi connectivity index (χ1) is 11.6. The summed E-state index contributed by atoms with van der Waals surface area (Å²) in [4.78, 5) is 27.1. The summed E-state index contributed by atoms with van der Waals surface area (Å²) in [6.07, 6.45) is 11.8. The number of rotatable bonds is 3. The Kier molecular flexibility index (Phi) is 3.47. The van der Waals surface area contributed by atoms with Crippen molar-refractivity contribution in [1.82, 2.24) is 10.2 Å². The Morgan fingerprint density at radius 3 is 1.83 bits per heavy atom. The average Bonchev–Trinajstić information content (AvgIpc) is 3.37. The van der Waals surface area contributed by atoms with Crippen LogP contribution in [0.25, 0.3) is 0 Å². The maximum absolute atomic E-state index is 12.9. The van der Waals surface area contributed by atoms with Gasteiger partial charge in [-0.2, -0.15) is 0 Å². The zero-order chi connectivity index (χ0) is 16.3. The molecule has 0 aromatic heterocycles. The van der Waals surface area contributed by atoms with Gasteiger partial charge in [-0.25, -0.2) is 0 Å². The fourth-order valence-corrected chi connectivity index (χ4v) is 6.58. The molecule has 24 heavy (non-hydrogen) atoms. The van der Waals surface area contributed by atoms with Crippen LogP contribution in [-0.2, 0) is 9.59 Å². The molecule has 5 aliphatic carbocycles. The molecule has 0 aromatic rings. The SMILES string of the molecule is O=C(NC12CC3CC(CC(C3)C1)C2)C1CCN(C(=O)C2CC2)CC1. The number of carbonyl (C=O) groups excluding carboxylic acids is 2. The van der Waals surface area contributed by atoms with Gasteiger partial charge < -0.3 is 10.2 Å². The van der Waals surface area contributed by atoms with E-state index < -0.39 is 0 Å². The molecule has 6 aliphatic rings. The van der Waals surface area contributed by atoms with Crippen molar-refractivity contribution in [2.45, 2.75) is 69.7 Å². The lowest BCUT2D eigenvalue weighted by Crippen LogP contribution is -2.61. The first-order valence-corrected chi connectivity index (χ1v) is 10.2. The third kappa shape index (κ3) is 2.66. The van der Waals surface area contributed by atoms with Crippen LogP contribution in [0.1, 0.15) is 64.2 Å². The summed E-state index contributed by atoms with van der Waals surface area (Å²) in [5.74, 6) is 3.67. The van der Waals surface area contributed by atoms with E-state index in [4.69, 9.17) is 0 Å². The molecular formula is C20H30N2O2. The molecule has 0 atom stereocenters. The second-order valence-electron chi connectivity index (χ2n) is 9.56. The van der Waals surface area contributed by atoms with Crippen LogP contribution in [0.4, 0.5) is 0 Å². The van der Waals surface area contributed by atoms with Crippen LogP contribution in [0.3, 0.4) is 0 Å². The molecule has 1 heterocycles. The van der Waals surface area contributed by atoms with Gasteiger partial charge in [0.1, 0.15) is 0 Å². The van der Waals surface area contributed by atoms with E-state index in [0.717, 1.165) is 56.5 Å². The number of piperidine rings is 1. The number of amides is 2. The van der Waals surface area contributed by atoms with Gasteiger partial charge in [-0.05, 0) is 82.0 Å². The zero-order valence-electron chi connectivity index (χ0n) is 14.6. The van der Waals surface area contributed by atoms with Crippen molar-refractivity contribution >= 4 is 11.8 Å². The molecule has 1 saturated heterocycles. The molecule has 0 radical (unpaired) electrons. The highest BCUT2D eigenvalue weighted by Gasteiger charge is 2.52. The van der Waals surface area contributed by atoms with Crippen LogP contribution in [0.5, 0.6) is 0 Å². The summed E-state index contributed by atoms with van der Waals surface area (Å²) in [6, 6.07) is 0. The minimum absolute atomic E-state index is 0.126. The van der Waals surface area contributed by atoms with Gasteiger partial charge in [0.2, 0.25) is 11.8 Å². The highest BCUT2D eigenvalue weighted by molar-refractivity contribution is 5.82. The van der Waals surface area contributed by atoms with Gasteiger partial charge in [0.05, 0.1) is 0 Å². The number of likely N-dealkylation sites (tertiary alicyclic amines) is 1. The molecule has 0 spiro atoms. The Morgan fingerprint density at radius 1 is 0.792 bits per heavy atom. The maximum Gasteiger partial charge on any atom is 0.225 e. The van der Waals surface area contributed by atoms with Crippen LogP contribution < -0.4 is 5.32 Å². The molecule has 4 bridgehead atoms.